The first-order valence-corrected chi connectivity index (χ1v) is 8.25. The molecule has 0 saturated heterocycles. The highest BCUT2D eigenvalue weighted by atomic mass is 79.9. The van der Waals surface area contributed by atoms with Gasteiger partial charge in [0, 0.05) is 10.5 Å². The quantitative estimate of drug-likeness (QED) is 0.844. The summed E-state index contributed by atoms with van der Waals surface area (Å²) in [5, 5.41) is 6.02. The highest BCUT2D eigenvalue weighted by molar-refractivity contribution is 9.10. The zero-order chi connectivity index (χ0) is 14.1. The number of benzene rings is 1. The first-order valence-electron chi connectivity index (χ1n) is 7.45. The Hall–Kier alpha value is -1.03. The number of amides is 2. The van der Waals surface area contributed by atoms with Crippen molar-refractivity contribution in [2.75, 3.05) is 5.32 Å². The lowest BCUT2D eigenvalue weighted by atomic mass is 9.84. The highest BCUT2D eigenvalue weighted by Crippen LogP contribution is 2.49. The van der Waals surface area contributed by atoms with E-state index >= 15 is 0 Å². The van der Waals surface area contributed by atoms with Crippen LogP contribution in [-0.2, 0) is 0 Å². The van der Waals surface area contributed by atoms with Crippen LogP contribution in [0.5, 0.6) is 0 Å². The van der Waals surface area contributed by atoms with Crippen LogP contribution in [0.2, 0.25) is 0 Å². The Bertz CT molecular complexity index is 505. The number of fused-ring (bicyclic) bond motifs is 2. The summed E-state index contributed by atoms with van der Waals surface area (Å²) < 4.78 is 0.905. The third-order valence-electron chi connectivity index (χ3n) is 4.92. The van der Waals surface area contributed by atoms with Crippen molar-refractivity contribution in [2.24, 2.45) is 17.8 Å². The summed E-state index contributed by atoms with van der Waals surface area (Å²) in [6.45, 7) is 2.14. The van der Waals surface area contributed by atoms with Crippen molar-refractivity contribution in [1.29, 1.82) is 0 Å². The van der Waals surface area contributed by atoms with E-state index in [1.54, 1.807) is 0 Å². The van der Waals surface area contributed by atoms with Gasteiger partial charge in [-0.25, -0.2) is 4.79 Å². The fourth-order valence-corrected chi connectivity index (χ4v) is 4.33. The van der Waals surface area contributed by atoms with E-state index in [1.165, 1.54) is 25.7 Å². The zero-order valence-electron chi connectivity index (χ0n) is 11.7. The molecule has 1 aromatic rings. The van der Waals surface area contributed by atoms with Gasteiger partial charge in [0.25, 0.3) is 0 Å². The summed E-state index contributed by atoms with van der Waals surface area (Å²) in [6, 6.07) is 7.82. The van der Waals surface area contributed by atoms with Crippen LogP contribution in [0.4, 0.5) is 10.5 Å². The molecule has 0 spiro atoms. The predicted molar refractivity (Wildman–Crippen MR) is 84.7 cm³/mol. The fraction of sp³-hybridized carbons (Fsp3) is 0.562. The molecule has 2 saturated carbocycles. The number of urea groups is 1. The van der Waals surface area contributed by atoms with Gasteiger partial charge in [-0.1, -0.05) is 18.6 Å². The second-order valence-corrected chi connectivity index (χ2v) is 7.06. The molecule has 0 heterocycles. The average molecular weight is 337 g/mol. The van der Waals surface area contributed by atoms with E-state index in [-0.39, 0.29) is 12.1 Å². The first kappa shape index (κ1) is 13.9. The molecular formula is C16H21BrN2O. The van der Waals surface area contributed by atoms with E-state index in [9.17, 15) is 4.79 Å². The molecule has 0 aliphatic heterocycles. The summed E-state index contributed by atoms with van der Waals surface area (Å²) in [7, 11) is 0. The molecule has 4 heteroatoms. The van der Waals surface area contributed by atoms with Gasteiger partial charge in [0.2, 0.25) is 0 Å². The van der Waals surface area contributed by atoms with Crippen molar-refractivity contribution in [1.82, 2.24) is 5.32 Å². The maximum atomic E-state index is 12.1. The third-order valence-corrected chi connectivity index (χ3v) is 5.61. The number of rotatable bonds is 3. The Morgan fingerprint density at radius 2 is 2.10 bits per heavy atom. The standard InChI is InChI=1S/C16H21BrN2O/c1-10(13-9-11-6-7-12(13)8-11)18-16(20)19-15-5-3-2-4-14(15)17/h2-5,10-13H,6-9H2,1H3,(H2,18,19,20)/t10-,11-,12-,13+/m1/s1. The van der Waals surface area contributed by atoms with Crippen molar-refractivity contribution in [2.45, 2.75) is 38.6 Å². The molecule has 0 radical (unpaired) electrons. The molecule has 2 fully saturated rings. The van der Waals surface area contributed by atoms with Gasteiger partial charge < -0.3 is 10.6 Å². The minimum Gasteiger partial charge on any atom is -0.335 e. The Balaban J connectivity index is 1.55. The van der Waals surface area contributed by atoms with E-state index in [0.717, 1.165) is 22.0 Å². The van der Waals surface area contributed by atoms with Gasteiger partial charge in [0.1, 0.15) is 0 Å². The van der Waals surface area contributed by atoms with Gasteiger partial charge in [0.05, 0.1) is 5.69 Å². The van der Waals surface area contributed by atoms with E-state index < -0.39 is 0 Å². The molecule has 2 bridgehead atoms. The predicted octanol–water partition coefficient (Wildman–Crippen LogP) is 4.40. The van der Waals surface area contributed by atoms with Gasteiger partial charge in [-0.3, -0.25) is 0 Å². The van der Waals surface area contributed by atoms with Gasteiger partial charge in [-0.15, -0.1) is 0 Å². The number of carbonyl (C=O) groups excluding carboxylic acids is 1. The van der Waals surface area contributed by atoms with E-state index in [4.69, 9.17) is 0 Å². The van der Waals surface area contributed by atoms with Crippen LogP contribution < -0.4 is 10.6 Å². The third kappa shape index (κ3) is 2.85. The molecule has 1 aromatic carbocycles. The van der Waals surface area contributed by atoms with Gasteiger partial charge in [0.15, 0.2) is 0 Å². The van der Waals surface area contributed by atoms with Crippen LogP contribution in [0.3, 0.4) is 0 Å². The van der Waals surface area contributed by atoms with Crippen LogP contribution in [-0.4, -0.2) is 12.1 Å². The van der Waals surface area contributed by atoms with Crippen LogP contribution in [0.15, 0.2) is 28.7 Å². The Morgan fingerprint density at radius 3 is 2.75 bits per heavy atom. The smallest absolute Gasteiger partial charge is 0.319 e. The molecule has 0 unspecified atom stereocenters. The van der Waals surface area contributed by atoms with Gasteiger partial charge in [-0.05, 0) is 72.0 Å². The monoisotopic (exact) mass is 336 g/mol. The van der Waals surface area contributed by atoms with E-state index in [2.05, 4.69) is 33.5 Å². The van der Waals surface area contributed by atoms with E-state index in [0.29, 0.717) is 5.92 Å². The fourth-order valence-electron chi connectivity index (χ4n) is 3.94. The van der Waals surface area contributed by atoms with Crippen molar-refractivity contribution in [3.8, 4) is 0 Å². The molecular weight excluding hydrogens is 316 g/mol. The van der Waals surface area contributed by atoms with Crippen molar-refractivity contribution >= 4 is 27.6 Å². The lowest BCUT2D eigenvalue weighted by Gasteiger charge is -2.28. The molecule has 2 aliphatic rings. The maximum absolute atomic E-state index is 12.1. The average Bonchev–Trinajstić information content (AvgIpc) is 3.03. The summed E-state index contributed by atoms with van der Waals surface area (Å²) in [4.78, 5) is 12.1. The second-order valence-electron chi connectivity index (χ2n) is 6.21. The Kier molecular flexibility index (Phi) is 4.01. The number of para-hydroxylation sites is 1. The molecule has 2 N–H and O–H groups in total. The number of hydrogen-bond acceptors (Lipinski definition) is 1. The second kappa shape index (κ2) is 5.76. The summed E-state index contributed by atoms with van der Waals surface area (Å²) in [5.41, 5.74) is 0.810. The minimum atomic E-state index is -0.104. The van der Waals surface area contributed by atoms with Gasteiger partial charge in [-0.2, -0.15) is 0 Å². The number of hydrogen-bond donors (Lipinski definition) is 2. The largest absolute Gasteiger partial charge is 0.335 e. The normalized spacial score (nSPS) is 29.2. The molecule has 0 aromatic heterocycles. The Labute approximate surface area is 128 Å². The zero-order valence-corrected chi connectivity index (χ0v) is 13.3. The van der Waals surface area contributed by atoms with Crippen LogP contribution in [0.25, 0.3) is 0 Å². The molecule has 2 aliphatic carbocycles. The van der Waals surface area contributed by atoms with Crippen molar-refractivity contribution < 1.29 is 4.79 Å². The summed E-state index contributed by atoms with van der Waals surface area (Å²) >= 11 is 3.44. The number of anilines is 1. The van der Waals surface area contributed by atoms with Gasteiger partial charge >= 0.3 is 6.03 Å². The SMILES string of the molecule is C[C@@H](NC(=O)Nc1ccccc1Br)[C@@H]1C[C@@H]2CC[C@@H]1C2. The van der Waals surface area contributed by atoms with E-state index in [1.807, 2.05) is 24.3 Å². The molecule has 20 heavy (non-hydrogen) atoms. The summed E-state index contributed by atoms with van der Waals surface area (Å²) in [6.07, 6.45) is 5.42. The molecule has 4 atom stereocenters. The lowest BCUT2D eigenvalue weighted by molar-refractivity contribution is 0.230. The van der Waals surface area contributed by atoms with Crippen LogP contribution in [0, 0.1) is 17.8 Å². The minimum absolute atomic E-state index is 0.104. The molecule has 2 amide bonds. The summed E-state index contributed by atoms with van der Waals surface area (Å²) in [5.74, 6) is 2.41. The Morgan fingerprint density at radius 1 is 1.30 bits per heavy atom. The number of carbonyl (C=O) groups is 1. The highest BCUT2D eigenvalue weighted by Gasteiger charge is 2.42. The number of nitrogens with one attached hydrogen (secondary N) is 2. The molecule has 3 rings (SSSR count). The van der Waals surface area contributed by atoms with Crippen LogP contribution >= 0.6 is 15.9 Å². The first-order chi connectivity index (χ1) is 9.63. The maximum Gasteiger partial charge on any atom is 0.319 e. The molecule has 108 valence electrons. The number of halogens is 1. The van der Waals surface area contributed by atoms with Crippen molar-refractivity contribution in [3.05, 3.63) is 28.7 Å². The van der Waals surface area contributed by atoms with Crippen molar-refractivity contribution in [3.63, 3.8) is 0 Å². The molecule has 3 nitrogen and oxygen atoms in total. The lowest BCUT2D eigenvalue weighted by Crippen LogP contribution is -2.42. The van der Waals surface area contributed by atoms with Crippen LogP contribution in [0.1, 0.15) is 32.6 Å². The topological polar surface area (TPSA) is 41.1 Å².